The van der Waals surface area contributed by atoms with Crippen LogP contribution in [0.3, 0.4) is 0 Å². The van der Waals surface area contributed by atoms with E-state index in [4.69, 9.17) is 0 Å². The van der Waals surface area contributed by atoms with Crippen molar-refractivity contribution in [3.8, 4) is 0 Å². The van der Waals surface area contributed by atoms with Gasteiger partial charge in [0, 0.05) is 11.6 Å². The van der Waals surface area contributed by atoms with E-state index >= 15 is 0 Å². The number of carbonyl (C=O) groups excluding carboxylic acids is 1. The molecule has 0 bridgehead atoms. The second-order valence-corrected chi connectivity index (χ2v) is 5.65. The van der Waals surface area contributed by atoms with Crippen molar-refractivity contribution in [1.29, 1.82) is 0 Å². The number of hydrogen-bond acceptors (Lipinski definition) is 4. The molecule has 0 aliphatic carbocycles. The zero-order valence-corrected chi connectivity index (χ0v) is 13.3. The van der Waals surface area contributed by atoms with Gasteiger partial charge in [-0.15, -0.1) is 0 Å². The number of benzene rings is 1. The van der Waals surface area contributed by atoms with Gasteiger partial charge in [-0.1, -0.05) is 11.8 Å². The summed E-state index contributed by atoms with van der Waals surface area (Å²) < 4.78 is 13.6. The molecule has 0 aliphatic heterocycles. The van der Waals surface area contributed by atoms with E-state index in [0.29, 0.717) is 27.5 Å². The maximum absolute atomic E-state index is 13.6. The zero-order chi connectivity index (χ0) is 16.3. The first-order chi connectivity index (χ1) is 10.4. The Bertz CT molecular complexity index is 751. The molecule has 2 rings (SSSR count). The van der Waals surface area contributed by atoms with Crippen molar-refractivity contribution in [2.75, 3.05) is 6.26 Å². The smallest absolute Gasteiger partial charge is 0.251 e. The first kappa shape index (κ1) is 16.2. The zero-order valence-electron chi connectivity index (χ0n) is 12.5. The fourth-order valence-corrected chi connectivity index (χ4v) is 2.43. The van der Waals surface area contributed by atoms with E-state index < -0.39 is 0 Å². The van der Waals surface area contributed by atoms with Crippen LogP contribution in [0.4, 0.5) is 4.39 Å². The Hall–Kier alpha value is -2.15. The average Bonchev–Trinajstić information content (AvgIpc) is 2.49. The lowest BCUT2D eigenvalue weighted by Gasteiger charge is -2.08. The quantitative estimate of drug-likeness (QED) is 0.668. The molecule has 0 fully saturated rings. The first-order valence-electron chi connectivity index (χ1n) is 6.60. The number of hydrogen-bond donors (Lipinski definition) is 2. The van der Waals surface area contributed by atoms with Crippen LogP contribution < -0.4 is 10.9 Å². The number of nitrogens with one attached hydrogen (secondary N) is 2. The van der Waals surface area contributed by atoms with Crippen LogP contribution in [0.1, 0.15) is 27.2 Å². The largest absolute Gasteiger partial charge is 0.346 e. The third-order valence-electron chi connectivity index (χ3n) is 3.10. The Labute approximate surface area is 131 Å². The third kappa shape index (κ3) is 3.73. The van der Waals surface area contributed by atoms with E-state index in [1.165, 1.54) is 30.0 Å². The Morgan fingerprint density at radius 3 is 2.55 bits per heavy atom. The van der Waals surface area contributed by atoms with Crippen LogP contribution in [0.15, 0.2) is 28.2 Å². The summed E-state index contributed by atoms with van der Waals surface area (Å²) in [5.41, 5.74) is 1.42. The van der Waals surface area contributed by atoms with Gasteiger partial charge in [0.1, 0.15) is 5.82 Å². The molecule has 1 aromatic heterocycles. The van der Waals surface area contributed by atoms with Crippen LogP contribution in [-0.4, -0.2) is 22.1 Å². The predicted octanol–water partition coefficient (Wildman–Crippen LogP) is 2.18. The number of carbonyl (C=O) groups is 1. The maximum atomic E-state index is 13.6. The average molecular weight is 321 g/mol. The molecule has 1 aromatic carbocycles. The van der Waals surface area contributed by atoms with Gasteiger partial charge in [0.2, 0.25) is 0 Å². The summed E-state index contributed by atoms with van der Waals surface area (Å²) in [5.74, 6) is -0.642. The van der Waals surface area contributed by atoms with Crippen molar-refractivity contribution < 1.29 is 9.18 Å². The summed E-state index contributed by atoms with van der Waals surface area (Å²) in [6.45, 7) is 3.36. The lowest BCUT2D eigenvalue weighted by molar-refractivity contribution is 0.0950. The van der Waals surface area contributed by atoms with Crippen LogP contribution in [-0.2, 0) is 6.54 Å². The van der Waals surface area contributed by atoms with E-state index in [2.05, 4.69) is 15.3 Å². The molecule has 0 aliphatic rings. The summed E-state index contributed by atoms with van der Waals surface area (Å²) in [6, 6.07) is 4.33. The van der Waals surface area contributed by atoms with Crippen molar-refractivity contribution in [2.24, 2.45) is 0 Å². The number of halogens is 1. The van der Waals surface area contributed by atoms with Gasteiger partial charge in [0.25, 0.3) is 11.5 Å². The van der Waals surface area contributed by atoms with Crippen molar-refractivity contribution in [1.82, 2.24) is 15.3 Å². The minimum absolute atomic E-state index is 0.131. The Balaban J connectivity index is 2.13. The van der Waals surface area contributed by atoms with E-state index in [1.54, 1.807) is 20.1 Å². The molecule has 7 heteroatoms. The molecular weight excluding hydrogens is 305 g/mol. The highest BCUT2D eigenvalue weighted by molar-refractivity contribution is 7.98. The summed E-state index contributed by atoms with van der Waals surface area (Å²) in [7, 11) is 0. The van der Waals surface area contributed by atoms with Crippen LogP contribution in [0.25, 0.3) is 0 Å². The number of aromatic amines is 1. The number of amides is 1. The Morgan fingerprint density at radius 1 is 1.32 bits per heavy atom. The minimum atomic E-state index is -0.334. The monoisotopic (exact) mass is 321 g/mol. The van der Waals surface area contributed by atoms with Crippen molar-refractivity contribution >= 4 is 17.7 Å². The van der Waals surface area contributed by atoms with E-state index in [1.807, 2.05) is 0 Å². The molecule has 116 valence electrons. The predicted molar refractivity (Wildman–Crippen MR) is 83.7 cm³/mol. The topological polar surface area (TPSA) is 74.8 Å². The van der Waals surface area contributed by atoms with Crippen LogP contribution in [0, 0.1) is 19.7 Å². The fraction of sp³-hybridized carbons (Fsp3) is 0.267. The van der Waals surface area contributed by atoms with Crippen LogP contribution in [0.5, 0.6) is 0 Å². The van der Waals surface area contributed by atoms with Crippen LogP contribution >= 0.6 is 11.8 Å². The normalized spacial score (nSPS) is 10.5. The molecular formula is C15H16FN3O2S. The number of aromatic nitrogens is 2. The Morgan fingerprint density at radius 2 is 1.95 bits per heavy atom. The van der Waals surface area contributed by atoms with E-state index in [0.717, 1.165) is 0 Å². The number of thioether (sulfide) groups is 1. The third-order valence-corrected chi connectivity index (χ3v) is 3.68. The van der Waals surface area contributed by atoms with Gasteiger partial charge in [0.15, 0.2) is 5.16 Å². The van der Waals surface area contributed by atoms with Gasteiger partial charge >= 0.3 is 0 Å². The number of rotatable bonds is 4. The second kappa shape index (κ2) is 6.74. The number of aryl methyl sites for hydroxylation is 2. The summed E-state index contributed by atoms with van der Waals surface area (Å²) in [6.07, 6.45) is 1.80. The standard InChI is InChI=1S/C15H16FN3O2S/c1-8-4-10(5-9(2)13(8)16)14(21)17-7-11-6-12(20)19-15(18-11)22-3/h4-6H,7H2,1-3H3,(H,17,21)(H,18,19,20). The number of H-pyrrole nitrogens is 1. The lowest BCUT2D eigenvalue weighted by atomic mass is 10.1. The summed E-state index contributed by atoms with van der Waals surface area (Å²) in [5, 5.41) is 3.17. The maximum Gasteiger partial charge on any atom is 0.251 e. The molecule has 0 spiro atoms. The van der Waals surface area contributed by atoms with E-state index in [-0.39, 0.29) is 23.8 Å². The molecule has 0 unspecified atom stereocenters. The molecule has 5 nitrogen and oxygen atoms in total. The van der Waals surface area contributed by atoms with E-state index in [9.17, 15) is 14.0 Å². The SMILES string of the molecule is CSc1nc(CNC(=O)c2cc(C)c(F)c(C)c2)cc(=O)[nH]1. The minimum Gasteiger partial charge on any atom is -0.346 e. The van der Waals surface area contributed by atoms with Crippen LogP contribution in [0.2, 0.25) is 0 Å². The van der Waals surface area contributed by atoms with Gasteiger partial charge < -0.3 is 10.3 Å². The molecule has 1 heterocycles. The molecule has 0 saturated heterocycles. The van der Waals surface area contributed by atoms with Crippen molar-refractivity contribution in [3.63, 3.8) is 0 Å². The fourth-order valence-electron chi connectivity index (χ4n) is 2.02. The summed E-state index contributed by atoms with van der Waals surface area (Å²) >= 11 is 1.31. The highest BCUT2D eigenvalue weighted by atomic mass is 32.2. The molecule has 0 atom stereocenters. The first-order valence-corrected chi connectivity index (χ1v) is 7.82. The molecule has 2 aromatic rings. The van der Waals surface area contributed by atoms with Gasteiger partial charge in [-0.3, -0.25) is 9.59 Å². The van der Waals surface area contributed by atoms with Crippen molar-refractivity contribution in [2.45, 2.75) is 25.5 Å². The highest BCUT2D eigenvalue weighted by Crippen LogP contribution is 2.14. The molecule has 1 amide bonds. The lowest BCUT2D eigenvalue weighted by Crippen LogP contribution is -2.25. The van der Waals surface area contributed by atoms with Gasteiger partial charge in [-0.05, 0) is 43.4 Å². The summed E-state index contributed by atoms with van der Waals surface area (Å²) in [4.78, 5) is 30.3. The molecule has 0 saturated carbocycles. The van der Waals surface area contributed by atoms with Gasteiger partial charge in [0.05, 0.1) is 12.2 Å². The molecule has 22 heavy (non-hydrogen) atoms. The second-order valence-electron chi connectivity index (χ2n) is 4.85. The molecule has 2 N–H and O–H groups in total. The van der Waals surface area contributed by atoms with Crippen molar-refractivity contribution in [3.05, 3.63) is 56.8 Å². The van der Waals surface area contributed by atoms with Gasteiger partial charge in [-0.25, -0.2) is 9.37 Å². The highest BCUT2D eigenvalue weighted by Gasteiger charge is 2.11. The van der Waals surface area contributed by atoms with Gasteiger partial charge in [-0.2, -0.15) is 0 Å². The molecule has 0 radical (unpaired) electrons. The Kier molecular flexibility index (Phi) is 4.97. The number of nitrogens with zero attached hydrogens (tertiary/aromatic N) is 1.